The molecular formula is C24H24O3. The zero-order chi connectivity index (χ0) is 18.8. The minimum absolute atomic E-state index is 0.0980. The van der Waals surface area contributed by atoms with E-state index in [1.165, 1.54) is 21.9 Å². The van der Waals surface area contributed by atoms with Crippen LogP contribution in [0.3, 0.4) is 0 Å². The average Bonchev–Trinajstić information content (AvgIpc) is 2.70. The summed E-state index contributed by atoms with van der Waals surface area (Å²) in [6.07, 6.45) is 2.96. The molecule has 2 unspecified atom stereocenters. The van der Waals surface area contributed by atoms with Crippen molar-refractivity contribution in [1.29, 1.82) is 0 Å². The van der Waals surface area contributed by atoms with E-state index in [0.29, 0.717) is 6.61 Å². The van der Waals surface area contributed by atoms with Gasteiger partial charge in [-0.25, -0.2) is 0 Å². The molecule has 3 nitrogen and oxygen atoms in total. The number of fused-ring (bicyclic) bond motifs is 2. The Morgan fingerprint density at radius 3 is 2.74 bits per heavy atom. The van der Waals surface area contributed by atoms with Gasteiger partial charge in [-0.15, -0.1) is 0 Å². The molecule has 0 bridgehead atoms. The van der Waals surface area contributed by atoms with Crippen molar-refractivity contribution < 1.29 is 14.6 Å². The smallest absolute Gasteiger partial charge is 0.306 e. The molecule has 4 rings (SSSR count). The molecule has 0 aromatic heterocycles. The summed E-state index contributed by atoms with van der Waals surface area (Å²) in [5, 5.41) is 11.8. The van der Waals surface area contributed by atoms with Gasteiger partial charge in [0, 0.05) is 0 Å². The summed E-state index contributed by atoms with van der Waals surface area (Å²) in [7, 11) is 0. The van der Waals surface area contributed by atoms with E-state index in [4.69, 9.17) is 4.74 Å². The molecular weight excluding hydrogens is 336 g/mol. The van der Waals surface area contributed by atoms with Gasteiger partial charge in [0.2, 0.25) is 0 Å². The largest absolute Gasteiger partial charge is 0.489 e. The minimum Gasteiger partial charge on any atom is -0.489 e. The number of carboxylic acid groups (broad SMARTS) is 1. The number of hydrogen-bond donors (Lipinski definition) is 1. The zero-order valence-electron chi connectivity index (χ0n) is 15.5. The Labute approximate surface area is 159 Å². The highest BCUT2D eigenvalue weighted by atomic mass is 16.5. The summed E-state index contributed by atoms with van der Waals surface area (Å²) in [6.45, 7) is 2.34. The van der Waals surface area contributed by atoms with Gasteiger partial charge in [-0.05, 0) is 70.8 Å². The van der Waals surface area contributed by atoms with Crippen LogP contribution < -0.4 is 4.74 Å². The molecule has 1 aliphatic carbocycles. The highest BCUT2D eigenvalue weighted by Gasteiger charge is 2.29. The first-order valence-electron chi connectivity index (χ1n) is 9.58. The van der Waals surface area contributed by atoms with E-state index in [2.05, 4.69) is 42.5 Å². The van der Waals surface area contributed by atoms with Crippen LogP contribution in [0.5, 0.6) is 5.75 Å². The summed E-state index contributed by atoms with van der Waals surface area (Å²) in [5.41, 5.74) is 3.55. The summed E-state index contributed by atoms with van der Waals surface area (Å²) < 4.78 is 6.03. The predicted molar refractivity (Wildman–Crippen MR) is 107 cm³/mol. The second-order valence-corrected chi connectivity index (χ2v) is 7.46. The third-order valence-corrected chi connectivity index (χ3v) is 5.69. The standard InChI is InChI=1S/C24H24O3/c1-16(24(25)26)22-8-4-7-20-14-21(11-12-23(20)22)27-15-17-9-10-18-5-2-3-6-19(18)13-17/h2-3,5-6,9-14,16,22H,4,7-8,15H2,1H3,(H,25,26). The van der Waals surface area contributed by atoms with Crippen LogP contribution in [-0.2, 0) is 17.8 Å². The van der Waals surface area contributed by atoms with Crippen LogP contribution in [-0.4, -0.2) is 11.1 Å². The second kappa shape index (κ2) is 7.43. The molecule has 0 aliphatic heterocycles. The molecule has 2 atom stereocenters. The van der Waals surface area contributed by atoms with E-state index in [0.717, 1.165) is 30.6 Å². The first-order chi connectivity index (χ1) is 13.1. The Hall–Kier alpha value is -2.81. The van der Waals surface area contributed by atoms with Crippen molar-refractivity contribution in [1.82, 2.24) is 0 Å². The fourth-order valence-electron chi connectivity index (χ4n) is 4.10. The first-order valence-corrected chi connectivity index (χ1v) is 9.58. The summed E-state index contributed by atoms with van der Waals surface area (Å²) in [5.74, 6) is -0.121. The van der Waals surface area contributed by atoms with Crippen LogP contribution in [0.2, 0.25) is 0 Å². The Bertz CT molecular complexity index is 976. The molecule has 0 amide bonds. The Morgan fingerprint density at radius 2 is 1.93 bits per heavy atom. The van der Waals surface area contributed by atoms with Gasteiger partial charge in [-0.3, -0.25) is 4.79 Å². The summed E-state index contributed by atoms with van der Waals surface area (Å²) in [4.78, 5) is 11.4. The predicted octanol–water partition coefficient (Wildman–Crippen LogP) is 5.56. The number of carbonyl (C=O) groups is 1. The summed E-state index contributed by atoms with van der Waals surface area (Å²) in [6, 6.07) is 20.8. The van der Waals surface area contributed by atoms with Crippen molar-refractivity contribution in [3.8, 4) is 5.75 Å². The number of benzene rings is 3. The van der Waals surface area contributed by atoms with Crippen LogP contribution in [0.1, 0.15) is 42.4 Å². The lowest BCUT2D eigenvalue weighted by Gasteiger charge is -2.28. The van der Waals surface area contributed by atoms with Gasteiger partial charge in [0.1, 0.15) is 12.4 Å². The third kappa shape index (κ3) is 3.68. The Kier molecular flexibility index (Phi) is 4.85. The molecule has 3 aromatic rings. The van der Waals surface area contributed by atoms with E-state index in [1.807, 2.05) is 25.1 Å². The molecule has 0 radical (unpaired) electrons. The number of rotatable bonds is 5. The maximum absolute atomic E-state index is 11.4. The van der Waals surface area contributed by atoms with Gasteiger partial charge < -0.3 is 9.84 Å². The highest BCUT2D eigenvalue weighted by Crippen LogP contribution is 2.38. The van der Waals surface area contributed by atoms with E-state index < -0.39 is 5.97 Å². The number of ether oxygens (including phenoxy) is 1. The normalized spacial score (nSPS) is 17.3. The fraction of sp³-hybridized carbons (Fsp3) is 0.292. The van der Waals surface area contributed by atoms with Crippen LogP contribution in [0.4, 0.5) is 0 Å². The maximum Gasteiger partial charge on any atom is 0.306 e. The molecule has 0 saturated carbocycles. The first kappa shape index (κ1) is 17.6. The van der Waals surface area contributed by atoms with Crippen molar-refractivity contribution >= 4 is 16.7 Å². The molecule has 3 aromatic carbocycles. The summed E-state index contributed by atoms with van der Waals surface area (Å²) >= 11 is 0. The molecule has 0 spiro atoms. The lowest BCUT2D eigenvalue weighted by atomic mass is 9.76. The molecule has 0 fully saturated rings. The molecule has 1 N–H and O–H groups in total. The number of carboxylic acids is 1. The van der Waals surface area contributed by atoms with Crippen molar-refractivity contribution in [3.05, 3.63) is 77.4 Å². The lowest BCUT2D eigenvalue weighted by molar-refractivity contribution is -0.142. The SMILES string of the molecule is CC(C(=O)O)C1CCCc2cc(OCc3ccc4ccccc4c3)ccc21. The molecule has 0 saturated heterocycles. The maximum atomic E-state index is 11.4. The second-order valence-electron chi connectivity index (χ2n) is 7.46. The Balaban J connectivity index is 1.50. The number of hydrogen-bond acceptors (Lipinski definition) is 2. The molecule has 138 valence electrons. The van der Waals surface area contributed by atoms with E-state index in [1.54, 1.807) is 0 Å². The molecule has 27 heavy (non-hydrogen) atoms. The molecule has 0 heterocycles. The zero-order valence-corrected chi connectivity index (χ0v) is 15.5. The Morgan fingerprint density at radius 1 is 1.11 bits per heavy atom. The van der Waals surface area contributed by atoms with Crippen LogP contribution >= 0.6 is 0 Å². The van der Waals surface area contributed by atoms with Crippen LogP contribution in [0, 0.1) is 5.92 Å². The minimum atomic E-state index is -0.718. The van der Waals surface area contributed by atoms with Crippen LogP contribution in [0.15, 0.2) is 60.7 Å². The van der Waals surface area contributed by atoms with Crippen molar-refractivity contribution in [2.24, 2.45) is 5.92 Å². The lowest BCUT2D eigenvalue weighted by Crippen LogP contribution is -2.22. The van der Waals surface area contributed by atoms with Crippen LogP contribution in [0.25, 0.3) is 10.8 Å². The molecule has 3 heteroatoms. The topological polar surface area (TPSA) is 46.5 Å². The van der Waals surface area contributed by atoms with Gasteiger partial charge in [-0.2, -0.15) is 0 Å². The number of aliphatic carboxylic acids is 1. The van der Waals surface area contributed by atoms with Gasteiger partial charge >= 0.3 is 5.97 Å². The van der Waals surface area contributed by atoms with Gasteiger partial charge in [0.25, 0.3) is 0 Å². The third-order valence-electron chi connectivity index (χ3n) is 5.69. The number of aryl methyl sites for hydroxylation is 1. The van der Waals surface area contributed by atoms with Crippen molar-refractivity contribution in [2.75, 3.05) is 0 Å². The quantitative estimate of drug-likeness (QED) is 0.648. The van der Waals surface area contributed by atoms with Gasteiger partial charge in [0.15, 0.2) is 0 Å². The van der Waals surface area contributed by atoms with Crippen molar-refractivity contribution in [3.63, 3.8) is 0 Å². The molecule has 1 aliphatic rings. The average molecular weight is 360 g/mol. The van der Waals surface area contributed by atoms with E-state index in [-0.39, 0.29) is 11.8 Å². The highest BCUT2D eigenvalue weighted by molar-refractivity contribution is 5.82. The fourth-order valence-corrected chi connectivity index (χ4v) is 4.10. The van der Waals surface area contributed by atoms with E-state index >= 15 is 0 Å². The van der Waals surface area contributed by atoms with E-state index in [9.17, 15) is 9.90 Å². The monoisotopic (exact) mass is 360 g/mol. The van der Waals surface area contributed by atoms with Crippen molar-refractivity contribution in [2.45, 2.75) is 38.7 Å². The van der Waals surface area contributed by atoms with Gasteiger partial charge in [-0.1, -0.05) is 49.4 Å². The van der Waals surface area contributed by atoms with Gasteiger partial charge in [0.05, 0.1) is 5.92 Å².